The number of nitrogens with zero attached hydrogens (tertiary/aromatic N) is 1. The molecular formula is C13H16FNOS. The van der Waals surface area contributed by atoms with E-state index in [9.17, 15) is 9.18 Å². The highest BCUT2D eigenvalue weighted by atomic mass is 32.2. The fraction of sp³-hybridized carbons (Fsp3) is 0.462. The molecule has 1 fully saturated rings. The molecule has 1 saturated heterocycles. The topological polar surface area (TPSA) is 20.3 Å². The first-order valence-electron chi connectivity index (χ1n) is 5.68. The van der Waals surface area contributed by atoms with E-state index in [1.807, 2.05) is 7.05 Å². The minimum absolute atomic E-state index is 0.0714. The van der Waals surface area contributed by atoms with Crippen LogP contribution < -0.4 is 0 Å². The van der Waals surface area contributed by atoms with E-state index in [1.165, 1.54) is 12.1 Å². The number of hydrogen-bond acceptors (Lipinski definition) is 3. The van der Waals surface area contributed by atoms with E-state index in [0.29, 0.717) is 5.56 Å². The molecule has 1 atom stereocenters. The SMILES string of the molecule is Cc1cc(F)ccc1C(=O)C1CSCCN1C. The Morgan fingerprint density at radius 2 is 2.29 bits per heavy atom. The summed E-state index contributed by atoms with van der Waals surface area (Å²) in [6.07, 6.45) is 0. The van der Waals surface area contributed by atoms with Crippen molar-refractivity contribution in [1.82, 2.24) is 4.90 Å². The molecule has 1 aliphatic rings. The van der Waals surface area contributed by atoms with Crippen LogP contribution in [0.3, 0.4) is 0 Å². The molecule has 0 N–H and O–H groups in total. The number of hydrogen-bond donors (Lipinski definition) is 0. The summed E-state index contributed by atoms with van der Waals surface area (Å²) >= 11 is 1.80. The first-order valence-corrected chi connectivity index (χ1v) is 6.83. The number of ketones is 1. The van der Waals surface area contributed by atoms with Crippen molar-refractivity contribution in [3.05, 3.63) is 35.1 Å². The van der Waals surface area contributed by atoms with Crippen LogP contribution in [0.1, 0.15) is 15.9 Å². The van der Waals surface area contributed by atoms with E-state index < -0.39 is 0 Å². The van der Waals surface area contributed by atoms with E-state index in [1.54, 1.807) is 24.8 Å². The van der Waals surface area contributed by atoms with Crippen LogP contribution in [0.15, 0.2) is 18.2 Å². The number of carbonyl (C=O) groups is 1. The summed E-state index contributed by atoms with van der Waals surface area (Å²) in [5, 5.41) is 0. The molecular weight excluding hydrogens is 237 g/mol. The number of likely N-dealkylation sites (N-methyl/N-ethyl adjacent to an activating group) is 1. The third-order valence-corrected chi connectivity index (χ3v) is 4.18. The Hall–Kier alpha value is -0.870. The van der Waals surface area contributed by atoms with Gasteiger partial charge < -0.3 is 0 Å². The number of halogens is 1. The van der Waals surface area contributed by atoms with Crippen LogP contribution >= 0.6 is 11.8 Å². The summed E-state index contributed by atoms with van der Waals surface area (Å²) in [5.41, 5.74) is 1.37. The fourth-order valence-electron chi connectivity index (χ4n) is 2.05. The van der Waals surface area contributed by atoms with Gasteiger partial charge in [-0.1, -0.05) is 0 Å². The van der Waals surface area contributed by atoms with Gasteiger partial charge in [-0.15, -0.1) is 0 Å². The molecule has 0 radical (unpaired) electrons. The smallest absolute Gasteiger partial charge is 0.181 e. The lowest BCUT2D eigenvalue weighted by molar-refractivity contribution is 0.0874. The molecule has 4 heteroatoms. The van der Waals surface area contributed by atoms with Crippen molar-refractivity contribution in [3.8, 4) is 0 Å². The molecule has 92 valence electrons. The first-order chi connectivity index (χ1) is 8.09. The van der Waals surface area contributed by atoms with Crippen LogP contribution in [0, 0.1) is 12.7 Å². The molecule has 2 nitrogen and oxygen atoms in total. The van der Waals surface area contributed by atoms with Crippen molar-refractivity contribution in [2.45, 2.75) is 13.0 Å². The van der Waals surface area contributed by atoms with Crippen molar-refractivity contribution < 1.29 is 9.18 Å². The summed E-state index contributed by atoms with van der Waals surface area (Å²) < 4.78 is 13.0. The highest BCUT2D eigenvalue weighted by molar-refractivity contribution is 7.99. The van der Waals surface area contributed by atoms with E-state index in [0.717, 1.165) is 23.6 Å². The minimum atomic E-state index is -0.287. The summed E-state index contributed by atoms with van der Waals surface area (Å²) in [6, 6.07) is 4.30. The second-order valence-corrected chi connectivity index (χ2v) is 5.54. The lowest BCUT2D eigenvalue weighted by Gasteiger charge is -2.31. The van der Waals surface area contributed by atoms with E-state index in [4.69, 9.17) is 0 Å². The lowest BCUT2D eigenvalue weighted by Crippen LogP contribution is -2.44. The standard InChI is InChI=1S/C13H16FNOS/c1-9-7-10(14)3-4-11(9)13(16)12-8-17-6-5-15(12)2/h3-4,7,12H,5-6,8H2,1-2H3. The Labute approximate surface area is 105 Å². The van der Waals surface area contributed by atoms with Crippen LogP contribution in [0.4, 0.5) is 4.39 Å². The molecule has 17 heavy (non-hydrogen) atoms. The number of aryl methyl sites for hydroxylation is 1. The third-order valence-electron chi connectivity index (χ3n) is 3.15. The molecule has 1 unspecified atom stereocenters. The molecule has 0 aliphatic carbocycles. The number of benzene rings is 1. The average Bonchev–Trinajstić information content (AvgIpc) is 2.29. The first kappa shape index (κ1) is 12.6. The fourth-order valence-corrected chi connectivity index (χ4v) is 3.26. The predicted octanol–water partition coefficient (Wildman–Crippen LogP) is 2.36. The van der Waals surface area contributed by atoms with Crippen LogP contribution in [-0.4, -0.2) is 41.8 Å². The van der Waals surface area contributed by atoms with Gasteiger partial charge in [-0.25, -0.2) is 4.39 Å². The monoisotopic (exact) mass is 253 g/mol. The maximum atomic E-state index is 13.0. The largest absolute Gasteiger partial charge is 0.295 e. The summed E-state index contributed by atoms with van der Waals surface area (Å²) in [5.74, 6) is 1.72. The van der Waals surface area contributed by atoms with Gasteiger partial charge in [0.1, 0.15) is 5.82 Å². The Morgan fingerprint density at radius 3 is 2.94 bits per heavy atom. The van der Waals surface area contributed by atoms with Crippen LogP contribution in [-0.2, 0) is 0 Å². The summed E-state index contributed by atoms with van der Waals surface area (Å²) in [7, 11) is 1.97. The normalized spacial score (nSPS) is 21.5. The van der Waals surface area contributed by atoms with Gasteiger partial charge in [0.15, 0.2) is 5.78 Å². The number of carbonyl (C=O) groups excluding carboxylic acids is 1. The van der Waals surface area contributed by atoms with Gasteiger partial charge in [0.2, 0.25) is 0 Å². The van der Waals surface area contributed by atoms with E-state index in [2.05, 4.69) is 4.90 Å². The number of Topliss-reactive ketones (excluding diaryl/α,β-unsaturated/α-hetero) is 1. The number of rotatable bonds is 2. The molecule has 2 rings (SSSR count). The summed E-state index contributed by atoms with van der Waals surface area (Å²) in [6.45, 7) is 2.72. The molecule has 0 spiro atoms. The van der Waals surface area contributed by atoms with Crippen molar-refractivity contribution in [2.24, 2.45) is 0 Å². The molecule has 1 aromatic rings. The van der Waals surface area contributed by atoms with Gasteiger partial charge in [0, 0.05) is 23.6 Å². The van der Waals surface area contributed by atoms with Gasteiger partial charge in [0.25, 0.3) is 0 Å². The van der Waals surface area contributed by atoms with Gasteiger partial charge in [-0.3, -0.25) is 9.69 Å². The molecule has 0 amide bonds. The zero-order chi connectivity index (χ0) is 12.4. The maximum Gasteiger partial charge on any atom is 0.181 e. The zero-order valence-electron chi connectivity index (χ0n) is 10.1. The van der Waals surface area contributed by atoms with Gasteiger partial charge in [-0.05, 0) is 37.7 Å². The van der Waals surface area contributed by atoms with Crippen molar-refractivity contribution in [1.29, 1.82) is 0 Å². The Bertz CT molecular complexity index is 435. The Kier molecular flexibility index (Phi) is 3.84. The van der Waals surface area contributed by atoms with Crippen molar-refractivity contribution in [3.63, 3.8) is 0 Å². The van der Waals surface area contributed by atoms with Crippen LogP contribution in [0.5, 0.6) is 0 Å². The molecule has 0 bridgehead atoms. The summed E-state index contributed by atoms with van der Waals surface area (Å²) in [4.78, 5) is 14.4. The lowest BCUT2D eigenvalue weighted by atomic mass is 9.99. The Balaban J connectivity index is 2.24. The van der Waals surface area contributed by atoms with Gasteiger partial charge >= 0.3 is 0 Å². The maximum absolute atomic E-state index is 13.0. The Morgan fingerprint density at radius 1 is 1.53 bits per heavy atom. The van der Waals surface area contributed by atoms with E-state index >= 15 is 0 Å². The average molecular weight is 253 g/mol. The second-order valence-electron chi connectivity index (χ2n) is 4.39. The highest BCUT2D eigenvalue weighted by Gasteiger charge is 2.27. The predicted molar refractivity (Wildman–Crippen MR) is 69.2 cm³/mol. The minimum Gasteiger partial charge on any atom is -0.295 e. The van der Waals surface area contributed by atoms with Crippen LogP contribution in [0.2, 0.25) is 0 Å². The molecule has 1 aromatic carbocycles. The zero-order valence-corrected chi connectivity index (χ0v) is 10.9. The molecule has 1 heterocycles. The number of thioether (sulfide) groups is 1. The molecule has 0 saturated carbocycles. The van der Waals surface area contributed by atoms with Crippen LogP contribution in [0.25, 0.3) is 0 Å². The highest BCUT2D eigenvalue weighted by Crippen LogP contribution is 2.20. The molecule has 0 aromatic heterocycles. The van der Waals surface area contributed by atoms with Gasteiger partial charge in [0.05, 0.1) is 6.04 Å². The van der Waals surface area contributed by atoms with Gasteiger partial charge in [-0.2, -0.15) is 11.8 Å². The third kappa shape index (κ3) is 2.69. The van der Waals surface area contributed by atoms with E-state index in [-0.39, 0.29) is 17.6 Å². The van der Waals surface area contributed by atoms with Crippen molar-refractivity contribution >= 4 is 17.5 Å². The quantitative estimate of drug-likeness (QED) is 0.755. The molecule has 1 aliphatic heterocycles. The second kappa shape index (κ2) is 5.19. The van der Waals surface area contributed by atoms with Crippen molar-refractivity contribution in [2.75, 3.05) is 25.1 Å².